The summed E-state index contributed by atoms with van der Waals surface area (Å²) in [6, 6.07) is 0. The lowest BCUT2D eigenvalue weighted by Crippen LogP contribution is -2.10. The summed E-state index contributed by atoms with van der Waals surface area (Å²) >= 11 is 0. The van der Waals surface area contributed by atoms with Crippen molar-refractivity contribution in [2.45, 2.75) is 19.3 Å². The van der Waals surface area contributed by atoms with Gasteiger partial charge in [0.05, 0.1) is 0 Å². The molecular weight excluding hydrogens is 227 g/mol. The summed E-state index contributed by atoms with van der Waals surface area (Å²) in [5, 5.41) is 0. The van der Waals surface area contributed by atoms with Gasteiger partial charge in [0.25, 0.3) is 0 Å². The van der Waals surface area contributed by atoms with E-state index >= 15 is 0 Å². The number of benzene rings is 1. The molecule has 0 aliphatic rings. The number of rotatable bonds is 3. The molecule has 0 aromatic heterocycles. The Bertz CT molecular complexity index is 396. The first-order chi connectivity index (χ1) is 7.45. The highest BCUT2D eigenvalue weighted by molar-refractivity contribution is 5.29. The van der Waals surface area contributed by atoms with Crippen molar-refractivity contribution in [3.63, 3.8) is 0 Å². The van der Waals surface area contributed by atoms with Gasteiger partial charge in [-0.3, -0.25) is 0 Å². The fourth-order valence-electron chi connectivity index (χ4n) is 1.44. The Morgan fingerprint density at radius 1 is 0.938 bits per heavy atom. The van der Waals surface area contributed by atoms with Crippen LogP contribution < -0.4 is 0 Å². The summed E-state index contributed by atoms with van der Waals surface area (Å²) in [4.78, 5) is 0. The Hall–Kier alpha value is -1.39. The average Bonchev–Trinajstić information content (AvgIpc) is 2.29. The topological polar surface area (TPSA) is 0 Å². The van der Waals surface area contributed by atoms with Gasteiger partial charge in [-0.2, -0.15) is 0 Å². The molecule has 16 heavy (non-hydrogen) atoms. The second kappa shape index (κ2) is 4.63. The van der Waals surface area contributed by atoms with Gasteiger partial charge in [0.2, 0.25) is 5.82 Å². The van der Waals surface area contributed by atoms with Gasteiger partial charge in [0.1, 0.15) is 0 Å². The van der Waals surface area contributed by atoms with Crippen LogP contribution in [0.25, 0.3) is 0 Å². The van der Waals surface area contributed by atoms with E-state index in [-0.39, 0.29) is 6.42 Å². The van der Waals surface area contributed by atoms with E-state index in [1.165, 1.54) is 0 Å². The lowest BCUT2D eigenvalue weighted by molar-refractivity contribution is 0.366. The first kappa shape index (κ1) is 12.7. The van der Waals surface area contributed by atoms with Gasteiger partial charge in [0.15, 0.2) is 23.3 Å². The van der Waals surface area contributed by atoms with Crippen molar-refractivity contribution in [3.8, 4) is 0 Å². The summed E-state index contributed by atoms with van der Waals surface area (Å²) in [7, 11) is 0. The molecule has 88 valence electrons. The van der Waals surface area contributed by atoms with Gasteiger partial charge in [-0.15, -0.1) is 6.58 Å². The van der Waals surface area contributed by atoms with Crippen LogP contribution in [0.5, 0.6) is 0 Å². The number of halogens is 5. The second-order valence-corrected chi connectivity index (χ2v) is 3.23. The van der Waals surface area contributed by atoms with Crippen LogP contribution in [0.3, 0.4) is 0 Å². The van der Waals surface area contributed by atoms with E-state index in [1.54, 1.807) is 6.92 Å². The molecule has 0 heterocycles. The molecule has 0 radical (unpaired) electrons. The highest BCUT2D eigenvalue weighted by atomic mass is 19.2. The van der Waals surface area contributed by atoms with E-state index in [9.17, 15) is 22.0 Å². The Labute approximate surface area is 89.4 Å². The van der Waals surface area contributed by atoms with Crippen molar-refractivity contribution in [3.05, 3.63) is 47.3 Å². The van der Waals surface area contributed by atoms with Crippen LogP contribution in [0.4, 0.5) is 22.0 Å². The fourth-order valence-corrected chi connectivity index (χ4v) is 1.44. The van der Waals surface area contributed by atoms with Crippen LogP contribution >= 0.6 is 0 Å². The van der Waals surface area contributed by atoms with Crippen molar-refractivity contribution >= 4 is 0 Å². The van der Waals surface area contributed by atoms with Crippen LogP contribution in [0, 0.1) is 29.1 Å². The Morgan fingerprint density at radius 3 is 1.62 bits per heavy atom. The fraction of sp³-hybridized carbons (Fsp3) is 0.273. The second-order valence-electron chi connectivity index (χ2n) is 3.23. The largest absolute Gasteiger partial charge is 0.203 e. The maximum atomic E-state index is 13.3. The molecule has 0 N–H and O–H groups in total. The molecule has 1 unspecified atom stereocenters. The summed E-state index contributed by atoms with van der Waals surface area (Å²) in [6.45, 7) is 4.86. The van der Waals surface area contributed by atoms with Gasteiger partial charge in [-0.05, 0) is 6.42 Å². The summed E-state index contributed by atoms with van der Waals surface area (Å²) in [5.74, 6) is -10.5. The molecule has 0 nitrogen and oxygen atoms in total. The van der Waals surface area contributed by atoms with E-state index in [4.69, 9.17) is 0 Å². The van der Waals surface area contributed by atoms with Gasteiger partial charge < -0.3 is 0 Å². The van der Waals surface area contributed by atoms with Gasteiger partial charge in [-0.1, -0.05) is 13.0 Å². The van der Waals surface area contributed by atoms with Crippen molar-refractivity contribution in [2.24, 2.45) is 0 Å². The summed E-state index contributed by atoms with van der Waals surface area (Å²) < 4.78 is 64.9. The maximum Gasteiger partial charge on any atom is 0.200 e. The molecule has 0 saturated carbocycles. The zero-order valence-electron chi connectivity index (χ0n) is 8.46. The monoisotopic (exact) mass is 236 g/mol. The summed E-state index contributed by atoms with van der Waals surface area (Å²) in [6.07, 6.45) is 1.35. The van der Waals surface area contributed by atoms with E-state index in [0.29, 0.717) is 0 Å². The van der Waals surface area contributed by atoms with Crippen molar-refractivity contribution in [1.82, 2.24) is 0 Å². The molecule has 0 bridgehead atoms. The van der Waals surface area contributed by atoms with E-state index < -0.39 is 40.6 Å². The highest BCUT2D eigenvalue weighted by Gasteiger charge is 2.28. The molecule has 1 atom stereocenters. The van der Waals surface area contributed by atoms with E-state index in [0.717, 1.165) is 6.08 Å². The SMILES string of the molecule is C=CC(CC)c1c(F)c(F)c(F)c(F)c1F. The number of allylic oxidation sites excluding steroid dienone is 1. The Morgan fingerprint density at radius 2 is 1.31 bits per heavy atom. The summed E-state index contributed by atoms with van der Waals surface area (Å²) in [5.41, 5.74) is -0.825. The first-order valence-corrected chi connectivity index (χ1v) is 4.59. The molecular formula is C11H9F5. The molecule has 0 fully saturated rings. The number of hydrogen-bond acceptors (Lipinski definition) is 0. The minimum absolute atomic E-state index is 0.196. The average molecular weight is 236 g/mol. The molecule has 1 aromatic rings. The van der Waals surface area contributed by atoms with Gasteiger partial charge >= 0.3 is 0 Å². The van der Waals surface area contributed by atoms with Crippen LogP contribution in [0.15, 0.2) is 12.7 Å². The predicted octanol–water partition coefficient (Wildman–Crippen LogP) is 4.06. The van der Waals surface area contributed by atoms with Crippen LogP contribution in [0.1, 0.15) is 24.8 Å². The van der Waals surface area contributed by atoms with Gasteiger partial charge in [0, 0.05) is 11.5 Å². The molecule has 1 rings (SSSR count). The smallest absolute Gasteiger partial charge is 0.200 e. The molecule has 5 heteroatoms. The molecule has 0 spiro atoms. The van der Waals surface area contributed by atoms with Crippen molar-refractivity contribution < 1.29 is 22.0 Å². The lowest BCUT2D eigenvalue weighted by Gasteiger charge is -2.13. The molecule has 0 saturated heterocycles. The van der Waals surface area contributed by atoms with Crippen molar-refractivity contribution in [2.75, 3.05) is 0 Å². The number of hydrogen-bond donors (Lipinski definition) is 0. The third-order valence-corrected chi connectivity index (χ3v) is 2.34. The van der Waals surface area contributed by atoms with Crippen molar-refractivity contribution in [1.29, 1.82) is 0 Å². The van der Waals surface area contributed by atoms with E-state index in [1.807, 2.05) is 0 Å². The zero-order chi connectivity index (χ0) is 12.5. The lowest BCUT2D eigenvalue weighted by atomic mass is 9.95. The molecule has 1 aromatic carbocycles. The molecule has 0 aliphatic heterocycles. The Balaban J connectivity index is 3.56. The minimum atomic E-state index is -2.14. The van der Waals surface area contributed by atoms with Crippen LogP contribution in [-0.4, -0.2) is 0 Å². The standard InChI is InChI=1S/C11H9F5/c1-3-5(4-2)6-7(12)9(14)11(16)10(15)8(6)13/h3,5H,1,4H2,2H3. The molecule has 0 aliphatic carbocycles. The Kier molecular flexibility index (Phi) is 3.67. The maximum absolute atomic E-state index is 13.3. The minimum Gasteiger partial charge on any atom is -0.203 e. The predicted molar refractivity (Wildman–Crippen MR) is 49.5 cm³/mol. The van der Waals surface area contributed by atoms with Gasteiger partial charge in [-0.25, -0.2) is 22.0 Å². The van der Waals surface area contributed by atoms with Crippen LogP contribution in [0.2, 0.25) is 0 Å². The quantitative estimate of drug-likeness (QED) is 0.321. The van der Waals surface area contributed by atoms with E-state index in [2.05, 4.69) is 6.58 Å². The molecule has 0 amide bonds. The third-order valence-electron chi connectivity index (χ3n) is 2.34. The highest BCUT2D eigenvalue weighted by Crippen LogP contribution is 2.31. The normalized spacial score (nSPS) is 12.6. The van der Waals surface area contributed by atoms with Crippen LogP contribution in [-0.2, 0) is 0 Å². The third kappa shape index (κ3) is 1.81. The first-order valence-electron chi connectivity index (χ1n) is 4.59. The zero-order valence-corrected chi connectivity index (χ0v) is 8.46.